The molecule has 0 heterocycles. The van der Waals surface area contributed by atoms with Crippen molar-refractivity contribution >= 4 is 17.5 Å². The number of hydrogen-bond donors (Lipinski definition) is 0. The van der Waals surface area contributed by atoms with Crippen LogP contribution < -0.4 is 0 Å². The molecule has 0 aliphatic rings. The fourth-order valence-corrected chi connectivity index (χ4v) is 2.78. The summed E-state index contributed by atoms with van der Waals surface area (Å²) in [6, 6.07) is 18.0. The third kappa shape index (κ3) is 3.48. The first-order valence-corrected chi connectivity index (χ1v) is 7.66. The van der Waals surface area contributed by atoms with Gasteiger partial charge in [-0.15, -0.1) is 11.8 Å². The lowest BCUT2D eigenvalue weighted by atomic mass is 9.93. The highest BCUT2D eigenvalue weighted by Gasteiger charge is 2.15. The van der Waals surface area contributed by atoms with Gasteiger partial charge >= 0.3 is 0 Å². The molecule has 0 aliphatic heterocycles. The number of carbonyl (C=O) groups excluding carboxylic acids is 1. The molecule has 0 aliphatic carbocycles. The molecule has 0 spiro atoms. The molecule has 0 saturated carbocycles. The normalized spacial score (nSPS) is 12.1. The summed E-state index contributed by atoms with van der Waals surface area (Å²) in [5.74, 6) is 0.477. The van der Waals surface area contributed by atoms with Crippen molar-refractivity contribution in [2.24, 2.45) is 0 Å². The van der Waals surface area contributed by atoms with Gasteiger partial charge in [-0.25, -0.2) is 0 Å². The van der Waals surface area contributed by atoms with Crippen LogP contribution in [0.5, 0.6) is 0 Å². The highest BCUT2D eigenvalue weighted by atomic mass is 32.2. The summed E-state index contributed by atoms with van der Waals surface area (Å²) in [4.78, 5) is 13.5. The molecule has 0 fully saturated rings. The Morgan fingerprint density at radius 3 is 2.37 bits per heavy atom. The highest BCUT2D eigenvalue weighted by molar-refractivity contribution is 7.98. The molecule has 19 heavy (non-hydrogen) atoms. The maximum Gasteiger partial charge on any atom is 0.164 e. The van der Waals surface area contributed by atoms with Crippen LogP contribution in [0.2, 0.25) is 0 Å². The number of Topliss-reactive ketones (excluding diaryl/α,β-unsaturated/α-hetero) is 1. The van der Waals surface area contributed by atoms with Crippen molar-refractivity contribution < 1.29 is 4.79 Å². The van der Waals surface area contributed by atoms with E-state index in [1.54, 1.807) is 11.8 Å². The minimum Gasteiger partial charge on any atom is -0.294 e. The third-order valence-corrected chi connectivity index (χ3v) is 4.06. The Kier molecular flexibility index (Phi) is 4.80. The van der Waals surface area contributed by atoms with E-state index in [0.29, 0.717) is 6.42 Å². The molecule has 2 aromatic rings. The van der Waals surface area contributed by atoms with Crippen LogP contribution >= 0.6 is 11.8 Å². The van der Waals surface area contributed by atoms with Crippen LogP contribution in [0.25, 0.3) is 0 Å². The van der Waals surface area contributed by atoms with Gasteiger partial charge < -0.3 is 0 Å². The monoisotopic (exact) mass is 270 g/mol. The van der Waals surface area contributed by atoms with Crippen LogP contribution in [-0.2, 0) is 0 Å². The molecule has 1 unspecified atom stereocenters. The quantitative estimate of drug-likeness (QED) is 0.574. The molecular formula is C17H18OS. The summed E-state index contributed by atoms with van der Waals surface area (Å²) in [6.07, 6.45) is 2.56. The summed E-state index contributed by atoms with van der Waals surface area (Å²) in [5.41, 5.74) is 2.07. The summed E-state index contributed by atoms with van der Waals surface area (Å²) in [7, 11) is 0. The highest BCUT2D eigenvalue weighted by Crippen LogP contribution is 2.25. The second kappa shape index (κ2) is 6.58. The maximum atomic E-state index is 12.4. The first kappa shape index (κ1) is 13.9. The molecule has 0 bridgehead atoms. The number of benzene rings is 2. The van der Waals surface area contributed by atoms with Gasteiger partial charge in [-0.1, -0.05) is 55.5 Å². The van der Waals surface area contributed by atoms with Crippen molar-refractivity contribution in [2.75, 3.05) is 6.26 Å². The van der Waals surface area contributed by atoms with Gasteiger partial charge in [0, 0.05) is 16.9 Å². The van der Waals surface area contributed by atoms with E-state index in [4.69, 9.17) is 0 Å². The average Bonchev–Trinajstić information content (AvgIpc) is 2.48. The number of rotatable bonds is 5. The van der Waals surface area contributed by atoms with Crippen molar-refractivity contribution in [3.63, 3.8) is 0 Å². The predicted molar refractivity (Wildman–Crippen MR) is 82.0 cm³/mol. The zero-order valence-corrected chi connectivity index (χ0v) is 12.1. The van der Waals surface area contributed by atoms with Gasteiger partial charge in [-0.3, -0.25) is 4.79 Å². The van der Waals surface area contributed by atoms with E-state index in [9.17, 15) is 4.79 Å². The van der Waals surface area contributed by atoms with Crippen molar-refractivity contribution in [1.82, 2.24) is 0 Å². The molecule has 0 N–H and O–H groups in total. The van der Waals surface area contributed by atoms with Crippen molar-refractivity contribution in [2.45, 2.75) is 24.2 Å². The molecule has 1 nitrogen and oxygen atoms in total. The lowest BCUT2D eigenvalue weighted by Gasteiger charge is -2.12. The topological polar surface area (TPSA) is 17.1 Å². The zero-order valence-electron chi connectivity index (χ0n) is 11.3. The largest absolute Gasteiger partial charge is 0.294 e. The first-order chi connectivity index (χ1) is 9.22. The van der Waals surface area contributed by atoms with Crippen LogP contribution in [-0.4, -0.2) is 12.0 Å². The molecule has 2 heteroatoms. The number of thioether (sulfide) groups is 1. The third-order valence-electron chi connectivity index (χ3n) is 3.27. The minimum atomic E-state index is 0.223. The van der Waals surface area contributed by atoms with E-state index in [2.05, 4.69) is 19.1 Å². The molecular weight excluding hydrogens is 252 g/mol. The lowest BCUT2D eigenvalue weighted by molar-refractivity contribution is 0.0973. The van der Waals surface area contributed by atoms with E-state index >= 15 is 0 Å². The predicted octanol–water partition coefficient (Wildman–Crippen LogP) is 4.79. The van der Waals surface area contributed by atoms with Gasteiger partial charge in [0.1, 0.15) is 0 Å². The molecule has 2 rings (SSSR count). The Bertz CT molecular complexity index is 548. The lowest BCUT2D eigenvalue weighted by Crippen LogP contribution is -2.06. The standard InChI is InChI=1S/C17H18OS/c1-13(14-8-4-3-5-9-14)12-16(18)15-10-6-7-11-17(15)19-2/h3-11,13H,12H2,1-2H3. The van der Waals surface area contributed by atoms with Gasteiger partial charge in [0.05, 0.1) is 0 Å². The molecule has 0 radical (unpaired) electrons. The smallest absolute Gasteiger partial charge is 0.164 e. The molecule has 0 saturated heterocycles. The molecule has 2 aromatic carbocycles. The van der Waals surface area contributed by atoms with Crippen LogP contribution in [0, 0.1) is 0 Å². The van der Waals surface area contributed by atoms with Gasteiger partial charge in [0.2, 0.25) is 0 Å². The van der Waals surface area contributed by atoms with Gasteiger partial charge in [-0.05, 0) is 23.8 Å². The van der Waals surface area contributed by atoms with Gasteiger partial charge in [0.15, 0.2) is 5.78 Å². The summed E-state index contributed by atoms with van der Waals surface area (Å²) < 4.78 is 0. The Labute approximate surface area is 119 Å². The average molecular weight is 270 g/mol. The Balaban J connectivity index is 2.13. The van der Waals surface area contributed by atoms with Gasteiger partial charge in [0.25, 0.3) is 0 Å². The summed E-state index contributed by atoms with van der Waals surface area (Å²) >= 11 is 1.63. The van der Waals surface area contributed by atoms with Crippen molar-refractivity contribution in [1.29, 1.82) is 0 Å². The number of ketones is 1. The summed E-state index contributed by atoms with van der Waals surface area (Å²) in [5, 5.41) is 0. The van der Waals surface area contributed by atoms with Crippen LogP contribution in [0.15, 0.2) is 59.5 Å². The van der Waals surface area contributed by atoms with Crippen LogP contribution in [0.4, 0.5) is 0 Å². The molecule has 0 aromatic heterocycles. The SMILES string of the molecule is CSc1ccccc1C(=O)CC(C)c1ccccc1. The second-order valence-corrected chi connectivity index (χ2v) is 5.49. The molecule has 98 valence electrons. The molecule has 0 amide bonds. The Hall–Kier alpha value is -1.54. The summed E-state index contributed by atoms with van der Waals surface area (Å²) in [6.45, 7) is 2.11. The van der Waals surface area contributed by atoms with Crippen LogP contribution in [0.1, 0.15) is 35.2 Å². The minimum absolute atomic E-state index is 0.223. The van der Waals surface area contributed by atoms with E-state index in [0.717, 1.165) is 10.5 Å². The second-order valence-electron chi connectivity index (χ2n) is 4.64. The zero-order chi connectivity index (χ0) is 13.7. The molecule has 1 atom stereocenters. The number of hydrogen-bond acceptors (Lipinski definition) is 2. The van der Waals surface area contributed by atoms with Crippen LogP contribution in [0.3, 0.4) is 0 Å². The van der Waals surface area contributed by atoms with E-state index in [-0.39, 0.29) is 11.7 Å². The number of carbonyl (C=O) groups is 1. The van der Waals surface area contributed by atoms with Crippen molar-refractivity contribution in [3.8, 4) is 0 Å². The maximum absolute atomic E-state index is 12.4. The first-order valence-electron chi connectivity index (χ1n) is 6.43. The fraction of sp³-hybridized carbons (Fsp3) is 0.235. The fourth-order valence-electron chi connectivity index (χ4n) is 2.16. The Morgan fingerprint density at radius 1 is 1.05 bits per heavy atom. The van der Waals surface area contributed by atoms with E-state index in [1.807, 2.05) is 48.7 Å². The van der Waals surface area contributed by atoms with E-state index in [1.165, 1.54) is 5.56 Å². The van der Waals surface area contributed by atoms with Crippen molar-refractivity contribution in [3.05, 3.63) is 65.7 Å². The van der Waals surface area contributed by atoms with E-state index < -0.39 is 0 Å². The Morgan fingerprint density at radius 2 is 1.68 bits per heavy atom. The van der Waals surface area contributed by atoms with Gasteiger partial charge in [-0.2, -0.15) is 0 Å².